The molecular formula is C28H22BrClFN5O4S. The molecule has 2 aliphatic heterocycles. The fourth-order valence-corrected chi connectivity index (χ4v) is 6.78. The van der Waals surface area contributed by atoms with Gasteiger partial charge in [0.15, 0.2) is 12.0 Å². The summed E-state index contributed by atoms with van der Waals surface area (Å²) in [5.41, 5.74) is 1.52. The van der Waals surface area contributed by atoms with Crippen LogP contribution in [0.4, 0.5) is 4.39 Å². The average Bonchev–Trinajstić information content (AvgIpc) is 3.48. The molecule has 6 atom stereocenters. The van der Waals surface area contributed by atoms with Gasteiger partial charge in [0.05, 0.1) is 17.8 Å². The summed E-state index contributed by atoms with van der Waals surface area (Å²) in [4.78, 5) is 4.85. The molecule has 13 heteroatoms. The molecule has 210 valence electrons. The first-order valence-corrected chi connectivity index (χ1v) is 14.6. The van der Waals surface area contributed by atoms with Crippen LogP contribution in [0.5, 0.6) is 0 Å². The highest BCUT2D eigenvalue weighted by atomic mass is 79.9. The van der Waals surface area contributed by atoms with E-state index in [9.17, 15) is 9.65 Å². The lowest BCUT2D eigenvalue weighted by molar-refractivity contribution is -0.308. The monoisotopic (exact) mass is 657 g/mol. The summed E-state index contributed by atoms with van der Waals surface area (Å²) in [7, 11) is 1.58. The average molecular weight is 659 g/mol. The molecule has 4 aromatic rings. The van der Waals surface area contributed by atoms with E-state index in [0.717, 1.165) is 10.0 Å². The van der Waals surface area contributed by atoms with Crippen LogP contribution in [0.15, 0.2) is 76.4 Å². The zero-order valence-corrected chi connectivity index (χ0v) is 24.6. The molecule has 6 unspecified atom stereocenters. The van der Waals surface area contributed by atoms with Crippen molar-refractivity contribution in [3.63, 3.8) is 0 Å². The summed E-state index contributed by atoms with van der Waals surface area (Å²) < 4.78 is 41.8. The molecule has 0 radical (unpaired) electrons. The van der Waals surface area contributed by atoms with Crippen molar-refractivity contribution in [1.29, 1.82) is 5.26 Å². The maximum Gasteiger partial charge on any atom is 0.184 e. The number of nitrogens with zero attached hydrogens (tertiary/aromatic N) is 5. The number of aromatic nitrogens is 4. The summed E-state index contributed by atoms with van der Waals surface area (Å²) in [6, 6.07) is 17.5. The third-order valence-corrected chi connectivity index (χ3v) is 8.77. The maximum absolute atomic E-state index is 14.2. The standard InChI is InChI=1S/C28H22BrClFN5O4S/c1-37-26-24(36-13-21(34-35-36)16-7-8-18(30)19(31)9-16)25-22(14-38-27(40-25)15-5-3-2-4-6-15)39-28(26)41-23-10-17(29)12-33-20(23)11-32/h2-10,12-13,22,24-28H,14H2,1H3. The molecule has 0 bridgehead atoms. The number of hydrogen-bond donors (Lipinski definition) is 0. The molecule has 2 aromatic heterocycles. The summed E-state index contributed by atoms with van der Waals surface area (Å²) in [6.07, 6.45) is 1.04. The molecule has 2 saturated heterocycles. The summed E-state index contributed by atoms with van der Waals surface area (Å²) >= 11 is 10.6. The number of fused-ring (bicyclic) bond motifs is 1. The predicted molar refractivity (Wildman–Crippen MR) is 151 cm³/mol. The van der Waals surface area contributed by atoms with Gasteiger partial charge in [0, 0.05) is 33.8 Å². The Labute approximate surface area is 252 Å². The van der Waals surface area contributed by atoms with Crippen LogP contribution in [0.2, 0.25) is 5.02 Å². The Morgan fingerprint density at radius 1 is 1.20 bits per heavy atom. The Hall–Kier alpha value is -2.89. The molecular weight excluding hydrogens is 637 g/mol. The van der Waals surface area contributed by atoms with Crippen molar-refractivity contribution in [3.05, 3.63) is 93.6 Å². The largest absolute Gasteiger partial charge is 0.375 e. The van der Waals surface area contributed by atoms with Crippen molar-refractivity contribution in [3.8, 4) is 17.3 Å². The first-order valence-electron chi connectivity index (χ1n) is 12.5. The van der Waals surface area contributed by atoms with Crippen LogP contribution >= 0.6 is 39.3 Å². The van der Waals surface area contributed by atoms with E-state index in [0.29, 0.717) is 16.2 Å². The number of rotatable bonds is 6. The topological polar surface area (TPSA) is 104 Å². The van der Waals surface area contributed by atoms with Gasteiger partial charge in [0.25, 0.3) is 0 Å². The fourth-order valence-electron chi connectivity index (χ4n) is 4.92. The normalized spacial score (nSPS) is 25.8. The van der Waals surface area contributed by atoms with Crippen molar-refractivity contribution in [2.45, 2.75) is 41.0 Å². The number of thioether (sulfide) groups is 1. The van der Waals surface area contributed by atoms with E-state index in [1.807, 2.05) is 36.4 Å². The maximum atomic E-state index is 14.2. The quantitative estimate of drug-likeness (QED) is 0.248. The van der Waals surface area contributed by atoms with E-state index in [2.05, 4.69) is 37.3 Å². The van der Waals surface area contributed by atoms with E-state index in [1.54, 1.807) is 30.3 Å². The van der Waals surface area contributed by atoms with Crippen LogP contribution in [0.3, 0.4) is 0 Å². The molecule has 0 saturated carbocycles. The van der Waals surface area contributed by atoms with Crippen LogP contribution < -0.4 is 0 Å². The highest BCUT2D eigenvalue weighted by Crippen LogP contribution is 2.45. The van der Waals surface area contributed by atoms with Gasteiger partial charge in [-0.25, -0.2) is 14.1 Å². The highest BCUT2D eigenvalue weighted by Gasteiger charge is 2.52. The first-order chi connectivity index (χ1) is 19.9. The Balaban J connectivity index is 1.38. The van der Waals surface area contributed by atoms with Gasteiger partial charge >= 0.3 is 0 Å². The van der Waals surface area contributed by atoms with Crippen molar-refractivity contribution in [1.82, 2.24) is 20.0 Å². The molecule has 2 aliphatic rings. The molecule has 0 aliphatic carbocycles. The lowest BCUT2D eigenvalue weighted by atomic mass is 9.95. The van der Waals surface area contributed by atoms with E-state index in [4.69, 9.17) is 30.5 Å². The lowest BCUT2D eigenvalue weighted by Gasteiger charge is -2.48. The van der Waals surface area contributed by atoms with E-state index < -0.39 is 41.9 Å². The second kappa shape index (κ2) is 12.1. The van der Waals surface area contributed by atoms with Crippen molar-refractivity contribution >= 4 is 39.3 Å². The predicted octanol–water partition coefficient (Wildman–Crippen LogP) is 5.95. The van der Waals surface area contributed by atoms with Gasteiger partial charge < -0.3 is 18.9 Å². The molecule has 9 nitrogen and oxygen atoms in total. The summed E-state index contributed by atoms with van der Waals surface area (Å²) in [5, 5.41) is 18.4. The molecule has 0 amide bonds. The van der Waals surface area contributed by atoms with Crippen molar-refractivity contribution < 1.29 is 23.3 Å². The molecule has 41 heavy (non-hydrogen) atoms. The molecule has 6 rings (SSSR count). The third kappa shape index (κ3) is 5.76. The second-order valence-electron chi connectivity index (χ2n) is 9.35. The van der Waals surface area contributed by atoms with Crippen molar-refractivity contribution in [2.75, 3.05) is 13.7 Å². The molecule has 2 fully saturated rings. The number of benzene rings is 2. The Morgan fingerprint density at radius 2 is 2.02 bits per heavy atom. The van der Waals surface area contributed by atoms with Crippen LogP contribution in [0.25, 0.3) is 11.3 Å². The number of methoxy groups -OCH3 is 1. The van der Waals surface area contributed by atoms with Gasteiger partial charge in [-0.3, -0.25) is 0 Å². The Kier molecular flexibility index (Phi) is 8.37. The highest BCUT2D eigenvalue weighted by molar-refractivity contribution is 9.10. The van der Waals surface area contributed by atoms with Gasteiger partial charge in [-0.05, 0) is 34.1 Å². The zero-order chi connectivity index (χ0) is 28.5. The van der Waals surface area contributed by atoms with E-state index in [1.165, 1.54) is 23.9 Å². The number of ether oxygens (including phenoxy) is 4. The van der Waals surface area contributed by atoms with Gasteiger partial charge in [-0.15, -0.1) is 5.10 Å². The second-order valence-corrected chi connectivity index (χ2v) is 11.8. The summed E-state index contributed by atoms with van der Waals surface area (Å²) in [5.74, 6) is -0.550. The fraction of sp³-hybridized carbons (Fsp3) is 0.286. The summed E-state index contributed by atoms with van der Waals surface area (Å²) in [6.45, 7) is 0.250. The Morgan fingerprint density at radius 3 is 2.78 bits per heavy atom. The molecule has 0 N–H and O–H groups in total. The van der Waals surface area contributed by atoms with Crippen molar-refractivity contribution in [2.24, 2.45) is 0 Å². The van der Waals surface area contributed by atoms with Crippen LogP contribution in [0.1, 0.15) is 23.6 Å². The van der Waals surface area contributed by atoms with Gasteiger partial charge in [0.2, 0.25) is 0 Å². The number of pyridine rings is 1. The zero-order valence-electron chi connectivity index (χ0n) is 21.4. The number of hydrogen-bond acceptors (Lipinski definition) is 9. The lowest BCUT2D eigenvalue weighted by Crippen LogP contribution is -2.59. The molecule has 2 aromatic carbocycles. The number of nitriles is 1. The molecule has 0 spiro atoms. The van der Waals surface area contributed by atoms with E-state index >= 15 is 0 Å². The third-order valence-electron chi connectivity index (χ3n) is 6.85. The van der Waals surface area contributed by atoms with Gasteiger partial charge in [-0.2, -0.15) is 5.26 Å². The Bertz CT molecular complexity index is 1590. The van der Waals surface area contributed by atoms with Gasteiger partial charge in [0.1, 0.15) is 47.4 Å². The minimum atomic E-state index is -0.627. The molecule has 4 heterocycles. The van der Waals surface area contributed by atoms with Gasteiger partial charge in [-0.1, -0.05) is 65.0 Å². The van der Waals surface area contributed by atoms with Crippen LogP contribution in [-0.2, 0) is 18.9 Å². The minimum Gasteiger partial charge on any atom is -0.375 e. The minimum absolute atomic E-state index is 0.0223. The number of halogens is 3. The first kappa shape index (κ1) is 28.2. The smallest absolute Gasteiger partial charge is 0.184 e. The van der Waals surface area contributed by atoms with Crippen LogP contribution in [0, 0.1) is 17.1 Å². The van der Waals surface area contributed by atoms with E-state index in [-0.39, 0.29) is 17.3 Å². The SMILES string of the molecule is COC1C(Sc2cc(Br)cnc2C#N)OC2COC(c3ccccc3)OC2C1n1cc(-c2ccc(Cl)c(F)c2)nn1. The van der Waals surface area contributed by atoms with Crippen LogP contribution in [-0.4, -0.2) is 57.4 Å².